The number of imidazole rings is 2. The van der Waals surface area contributed by atoms with Crippen LogP contribution in [0.25, 0.3) is 22.3 Å². The Hall–Kier alpha value is -3.44. The van der Waals surface area contributed by atoms with Crippen molar-refractivity contribution in [1.82, 2.24) is 39.0 Å². The number of nitrogens with two attached hydrogens (primary N) is 2. The number of aliphatic hydroxyl groups excluding tert-OH is 2. The minimum absolute atomic E-state index is 0.0593. The van der Waals surface area contributed by atoms with E-state index in [-0.39, 0.29) is 34.1 Å². The number of nitrogen functional groups attached to an aromatic ring is 2. The molecular formula is C21H26N10O13P2. The molecule has 46 heavy (non-hydrogen) atoms. The van der Waals surface area contributed by atoms with Crippen LogP contribution in [0.4, 0.5) is 11.8 Å². The second kappa shape index (κ2) is 11.4. The summed E-state index contributed by atoms with van der Waals surface area (Å²) >= 11 is 0. The number of fused-ring (bicyclic) bond motifs is 4. The van der Waals surface area contributed by atoms with Crippen molar-refractivity contribution in [2.45, 2.75) is 49.1 Å². The van der Waals surface area contributed by atoms with Gasteiger partial charge in [-0.05, 0) is 0 Å². The lowest BCUT2D eigenvalue weighted by Gasteiger charge is -2.24. The number of rotatable bonds is 2. The molecule has 0 aromatic carbocycles. The SMILES string of the molecule is Nc1nc2c(ncn2[C@@H]2O[C@@H]3COP(=O)(O)COC4[C@@H](COP(=O)(O)OC3[C@@H]2O)O[C@@H](n2cnc3c(N)ncnc32)[C@H]4O)c(=O)[nH]1. The molecule has 0 amide bonds. The molecule has 3 aliphatic heterocycles. The van der Waals surface area contributed by atoms with Gasteiger partial charge in [-0.2, -0.15) is 4.98 Å². The summed E-state index contributed by atoms with van der Waals surface area (Å²) in [7, 11) is -9.69. The lowest BCUT2D eigenvalue weighted by atomic mass is 10.1. The van der Waals surface area contributed by atoms with Gasteiger partial charge in [-0.3, -0.25) is 32.5 Å². The summed E-state index contributed by atoms with van der Waals surface area (Å²) in [5.74, 6) is -0.203. The van der Waals surface area contributed by atoms with Crippen LogP contribution in [0.5, 0.6) is 0 Å². The molecule has 7 heterocycles. The first-order valence-corrected chi connectivity index (χ1v) is 16.6. The maximum atomic E-state index is 13.2. The van der Waals surface area contributed by atoms with E-state index < -0.39 is 89.6 Å². The van der Waals surface area contributed by atoms with Gasteiger partial charge in [0.05, 0.1) is 25.9 Å². The van der Waals surface area contributed by atoms with Crippen molar-refractivity contribution < 1.29 is 56.9 Å². The van der Waals surface area contributed by atoms with E-state index in [9.17, 15) is 33.9 Å². The zero-order valence-corrected chi connectivity index (χ0v) is 24.9. The smallest absolute Gasteiger partial charge is 0.386 e. The Morgan fingerprint density at radius 3 is 2.24 bits per heavy atom. The molecular weight excluding hydrogens is 662 g/mol. The quantitative estimate of drug-likeness (QED) is 0.109. The maximum Gasteiger partial charge on any atom is 0.472 e. The number of hydrogen-bond donors (Lipinski definition) is 7. The molecule has 10 atom stereocenters. The summed E-state index contributed by atoms with van der Waals surface area (Å²) in [4.78, 5) is 55.8. The van der Waals surface area contributed by atoms with Crippen LogP contribution < -0.4 is 17.0 Å². The topological polar surface area (TPSA) is 330 Å². The molecule has 7 rings (SSSR count). The third kappa shape index (κ3) is 5.49. The lowest BCUT2D eigenvalue weighted by molar-refractivity contribution is -0.0595. The van der Waals surface area contributed by atoms with E-state index in [1.807, 2.05) is 0 Å². The fourth-order valence-corrected chi connectivity index (χ4v) is 7.23. The van der Waals surface area contributed by atoms with Crippen molar-refractivity contribution >= 4 is 49.5 Å². The maximum absolute atomic E-state index is 13.2. The number of phosphoric ester groups is 1. The summed E-state index contributed by atoms with van der Waals surface area (Å²) in [5.41, 5.74) is 11.0. The van der Waals surface area contributed by atoms with E-state index >= 15 is 0 Å². The van der Waals surface area contributed by atoms with Gasteiger partial charge in [0.25, 0.3) is 5.56 Å². The second-order valence-electron chi connectivity index (χ2n) is 10.5. The largest absolute Gasteiger partial charge is 0.472 e. The molecule has 0 bridgehead atoms. The lowest BCUT2D eigenvalue weighted by Crippen LogP contribution is -2.37. The van der Waals surface area contributed by atoms with Crippen molar-refractivity contribution in [3.05, 3.63) is 29.3 Å². The van der Waals surface area contributed by atoms with Crippen LogP contribution >= 0.6 is 15.4 Å². The average molecular weight is 688 g/mol. The van der Waals surface area contributed by atoms with Crippen LogP contribution in [0.15, 0.2) is 23.8 Å². The molecule has 4 aromatic rings. The van der Waals surface area contributed by atoms with Crippen LogP contribution in [0, 0.1) is 0 Å². The molecule has 0 radical (unpaired) electrons. The summed E-state index contributed by atoms with van der Waals surface area (Å²) in [6, 6.07) is 0. The number of nitrogens with zero attached hydrogens (tertiary/aromatic N) is 7. The molecule has 0 aliphatic carbocycles. The van der Waals surface area contributed by atoms with E-state index in [2.05, 4.69) is 29.9 Å². The number of ether oxygens (including phenoxy) is 3. The van der Waals surface area contributed by atoms with E-state index in [0.29, 0.717) is 0 Å². The fourth-order valence-electron chi connectivity index (χ4n) is 5.45. The predicted molar refractivity (Wildman–Crippen MR) is 148 cm³/mol. The number of nitrogens with one attached hydrogen (secondary N) is 1. The van der Waals surface area contributed by atoms with Crippen molar-refractivity contribution in [1.29, 1.82) is 0 Å². The van der Waals surface area contributed by atoms with Crippen molar-refractivity contribution in [2.24, 2.45) is 0 Å². The summed E-state index contributed by atoms with van der Waals surface area (Å²) in [6.45, 7) is -1.49. The van der Waals surface area contributed by atoms with E-state index in [0.717, 1.165) is 10.9 Å². The predicted octanol–water partition coefficient (Wildman–Crippen LogP) is -2.30. The van der Waals surface area contributed by atoms with Crippen LogP contribution in [0.1, 0.15) is 12.5 Å². The molecule has 0 spiro atoms. The van der Waals surface area contributed by atoms with Gasteiger partial charge in [-0.1, -0.05) is 0 Å². The van der Waals surface area contributed by atoms with Crippen LogP contribution in [0.3, 0.4) is 0 Å². The molecule has 3 aliphatic rings. The van der Waals surface area contributed by atoms with E-state index in [1.165, 1.54) is 17.2 Å². The Bertz CT molecular complexity index is 1950. The fraction of sp³-hybridized carbons (Fsp3) is 0.524. The number of hydrogen-bond acceptors (Lipinski definition) is 18. The zero-order chi connectivity index (χ0) is 32.5. The highest BCUT2D eigenvalue weighted by molar-refractivity contribution is 7.52. The Labute approximate surface area is 255 Å². The summed E-state index contributed by atoms with van der Waals surface area (Å²) in [6.07, 6.45) is -9.28. The molecule has 3 fully saturated rings. The normalized spacial score (nSPS) is 37.4. The van der Waals surface area contributed by atoms with Crippen molar-refractivity contribution in [3.8, 4) is 0 Å². The Kier molecular flexibility index (Phi) is 7.70. The van der Waals surface area contributed by atoms with Gasteiger partial charge in [-0.25, -0.2) is 24.5 Å². The first-order chi connectivity index (χ1) is 21.8. The van der Waals surface area contributed by atoms with Crippen LogP contribution in [0.2, 0.25) is 0 Å². The van der Waals surface area contributed by atoms with Gasteiger partial charge < -0.3 is 50.2 Å². The first-order valence-electron chi connectivity index (χ1n) is 13.4. The number of aliphatic hydroxyl groups is 2. The molecule has 9 N–H and O–H groups in total. The first kappa shape index (κ1) is 31.2. The Balaban J connectivity index is 1.16. The molecule has 4 aromatic heterocycles. The van der Waals surface area contributed by atoms with Gasteiger partial charge in [0.15, 0.2) is 35.1 Å². The Morgan fingerprint density at radius 1 is 0.870 bits per heavy atom. The van der Waals surface area contributed by atoms with Gasteiger partial charge in [0.2, 0.25) is 5.95 Å². The van der Waals surface area contributed by atoms with Crippen LogP contribution in [-0.4, -0.2) is 115 Å². The molecule has 0 saturated carbocycles. The minimum Gasteiger partial charge on any atom is -0.386 e. The molecule has 3 saturated heterocycles. The van der Waals surface area contributed by atoms with Crippen LogP contribution in [-0.2, 0) is 36.9 Å². The molecule has 248 valence electrons. The number of H-pyrrole nitrogens is 1. The highest BCUT2D eigenvalue weighted by Crippen LogP contribution is 2.51. The third-order valence-corrected chi connectivity index (χ3v) is 9.55. The van der Waals surface area contributed by atoms with Gasteiger partial charge in [0.1, 0.15) is 54.8 Å². The highest BCUT2D eigenvalue weighted by Gasteiger charge is 2.52. The highest BCUT2D eigenvalue weighted by atomic mass is 31.2. The molecule has 25 heteroatoms. The molecule has 4 unspecified atom stereocenters. The van der Waals surface area contributed by atoms with E-state index in [4.69, 9.17) is 39.2 Å². The zero-order valence-electron chi connectivity index (χ0n) is 23.1. The van der Waals surface area contributed by atoms with E-state index in [1.54, 1.807) is 0 Å². The molecule has 23 nitrogen and oxygen atoms in total. The number of aromatic amines is 1. The minimum atomic E-state index is -5.07. The Morgan fingerprint density at radius 2 is 1.50 bits per heavy atom. The van der Waals surface area contributed by atoms with Crippen molar-refractivity contribution in [2.75, 3.05) is 31.0 Å². The van der Waals surface area contributed by atoms with Gasteiger partial charge >= 0.3 is 15.4 Å². The number of anilines is 2. The van der Waals surface area contributed by atoms with Gasteiger partial charge in [-0.15, -0.1) is 0 Å². The monoisotopic (exact) mass is 688 g/mol. The standard InChI is InChI=1S/C21H26N10O13P2/c22-15-9-16(25-3-24-15)30(4-26-9)19-11(32)13-7(42-19)2-41-46(37,38)44-14-8(1-40-45(35,36)6-39-13)43-20(12(14)33)31-5-27-10-17(31)28-21(23)29-18(10)34/h3-5,7-8,11-14,19-20,32-33H,1-2,6H2,(H,35,36)(H,37,38)(H2,22,24,25)(H3,23,28,29,34)/t7-,8-,11+,12+,13?,14?,19-,20-/m1/s1. The summed E-state index contributed by atoms with van der Waals surface area (Å²) in [5, 5.41) is 22.3. The second-order valence-corrected chi connectivity index (χ2v) is 13.7. The number of phosphoric acid groups is 1. The number of aromatic nitrogens is 8. The third-order valence-electron chi connectivity index (χ3n) is 7.53. The average Bonchev–Trinajstić information content (AvgIpc) is 3.75. The van der Waals surface area contributed by atoms with Crippen molar-refractivity contribution in [3.63, 3.8) is 0 Å². The van der Waals surface area contributed by atoms with Gasteiger partial charge in [0, 0.05) is 0 Å². The summed E-state index contributed by atoms with van der Waals surface area (Å²) < 4.78 is 61.5.